The number of nitrogens with zero attached hydrogens (tertiary/aromatic N) is 2. The summed E-state index contributed by atoms with van der Waals surface area (Å²) in [5, 5.41) is 11.1. The van der Waals surface area contributed by atoms with E-state index in [1.165, 1.54) is 6.42 Å². The number of ether oxygens (including phenoxy) is 1. The molecular weight excluding hydrogens is 385 g/mol. The Morgan fingerprint density at radius 1 is 1.30 bits per heavy atom. The number of carboxylic acids is 1. The molecule has 1 N–H and O–H groups in total. The van der Waals surface area contributed by atoms with Gasteiger partial charge >= 0.3 is 12.1 Å². The standard InChI is InChI=1S/C15H22N2O2S.C2HF3O2/c1-19-6-5-16-4-2-12-9-17(10-14(12)8-16)15(18)13-3-7-20-11-13;3-2(4,5)1(6)7/h3,7,11-12,14H,2,4-6,8-10H2,1H3;(H,6,7)/t12-,14+;/m0./s1. The van der Waals surface area contributed by atoms with Crippen molar-refractivity contribution >= 4 is 23.2 Å². The molecule has 6 nitrogen and oxygen atoms in total. The molecule has 1 amide bonds. The molecule has 2 atom stereocenters. The van der Waals surface area contributed by atoms with Crippen LogP contribution >= 0.6 is 11.3 Å². The third-order valence-electron chi connectivity index (χ3n) is 4.79. The van der Waals surface area contributed by atoms with E-state index in [1.807, 2.05) is 16.8 Å². The van der Waals surface area contributed by atoms with Gasteiger partial charge in [-0.15, -0.1) is 0 Å². The van der Waals surface area contributed by atoms with Gasteiger partial charge in [-0.3, -0.25) is 4.79 Å². The Morgan fingerprint density at radius 3 is 2.52 bits per heavy atom. The minimum Gasteiger partial charge on any atom is -0.475 e. The molecule has 0 radical (unpaired) electrons. The lowest BCUT2D eigenvalue weighted by molar-refractivity contribution is -0.192. The van der Waals surface area contributed by atoms with Gasteiger partial charge in [0.1, 0.15) is 0 Å². The quantitative estimate of drug-likeness (QED) is 0.829. The molecule has 1 aromatic rings. The van der Waals surface area contributed by atoms with E-state index in [1.54, 1.807) is 18.4 Å². The third kappa shape index (κ3) is 6.18. The number of fused-ring (bicyclic) bond motifs is 1. The number of alkyl halides is 3. The van der Waals surface area contributed by atoms with Crippen LogP contribution in [0.1, 0.15) is 16.8 Å². The number of hydrogen-bond donors (Lipinski definition) is 1. The number of hydrogen-bond acceptors (Lipinski definition) is 5. The maximum Gasteiger partial charge on any atom is 0.490 e. The zero-order chi connectivity index (χ0) is 20.0. The van der Waals surface area contributed by atoms with Crippen molar-refractivity contribution in [3.63, 3.8) is 0 Å². The molecule has 27 heavy (non-hydrogen) atoms. The second kappa shape index (κ2) is 9.52. The minimum atomic E-state index is -5.08. The summed E-state index contributed by atoms with van der Waals surface area (Å²) in [5.74, 6) is -1.21. The lowest BCUT2D eigenvalue weighted by Crippen LogP contribution is -2.41. The van der Waals surface area contributed by atoms with Crippen LogP contribution in [0.3, 0.4) is 0 Å². The maximum atomic E-state index is 12.4. The average molecular weight is 408 g/mol. The smallest absolute Gasteiger partial charge is 0.475 e. The van der Waals surface area contributed by atoms with Crippen LogP contribution in [0.25, 0.3) is 0 Å². The normalized spacial score (nSPS) is 22.7. The first-order valence-corrected chi connectivity index (χ1v) is 9.49. The summed E-state index contributed by atoms with van der Waals surface area (Å²) in [6.45, 7) is 5.93. The van der Waals surface area contributed by atoms with Crippen molar-refractivity contribution in [2.45, 2.75) is 12.6 Å². The molecule has 3 heterocycles. The number of thiophene rings is 1. The van der Waals surface area contributed by atoms with Crippen LogP contribution in [0.5, 0.6) is 0 Å². The third-order valence-corrected chi connectivity index (χ3v) is 5.48. The Labute approximate surface area is 159 Å². The van der Waals surface area contributed by atoms with Gasteiger partial charge in [-0.05, 0) is 36.2 Å². The number of rotatable bonds is 4. The Morgan fingerprint density at radius 2 is 1.96 bits per heavy atom. The molecule has 0 unspecified atom stereocenters. The number of aliphatic carboxylic acids is 1. The fourth-order valence-corrected chi connectivity index (χ4v) is 4.03. The Balaban J connectivity index is 0.000000321. The summed E-state index contributed by atoms with van der Waals surface area (Å²) in [4.78, 5) is 25.8. The Kier molecular flexibility index (Phi) is 7.63. The van der Waals surface area contributed by atoms with Crippen molar-refractivity contribution in [2.75, 3.05) is 46.4 Å². The molecule has 2 fully saturated rings. The average Bonchev–Trinajstić information content (AvgIpc) is 3.28. The van der Waals surface area contributed by atoms with Crippen molar-refractivity contribution < 1.29 is 32.6 Å². The summed E-state index contributed by atoms with van der Waals surface area (Å²) in [7, 11) is 1.75. The molecule has 0 spiro atoms. The largest absolute Gasteiger partial charge is 0.490 e. The molecule has 0 saturated carbocycles. The van der Waals surface area contributed by atoms with Crippen LogP contribution in [0.4, 0.5) is 13.2 Å². The van der Waals surface area contributed by atoms with E-state index in [-0.39, 0.29) is 5.91 Å². The molecule has 0 aromatic carbocycles. The number of carboxylic acid groups (broad SMARTS) is 1. The van der Waals surface area contributed by atoms with Crippen molar-refractivity contribution in [1.29, 1.82) is 0 Å². The van der Waals surface area contributed by atoms with Crippen molar-refractivity contribution in [2.24, 2.45) is 11.8 Å². The number of carbonyl (C=O) groups excluding carboxylic acids is 1. The predicted molar refractivity (Wildman–Crippen MR) is 93.8 cm³/mol. The van der Waals surface area contributed by atoms with Crippen LogP contribution < -0.4 is 0 Å². The molecule has 3 rings (SSSR count). The van der Waals surface area contributed by atoms with Gasteiger partial charge in [0.15, 0.2) is 0 Å². The molecule has 0 bridgehead atoms. The SMILES string of the molecule is COCCN1CC[C@H]2CN(C(=O)c3ccsc3)C[C@H]2C1.O=C(O)C(F)(F)F. The predicted octanol–water partition coefficient (Wildman–Crippen LogP) is 2.42. The van der Waals surface area contributed by atoms with E-state index >= 15 is 0 Å². The minimum absolute atomic E-state index is 0.212. The van der Waals surface area contributed by atoms with Crippen LogP contribution in [0.2, 0.25) is 0 Å². The number of methoxy groups -OCH3 is 1. The van der Waals surface area contributed by atoms with Crippen molar-refractivity contribution in [1.82, 2.24) is 9.80 Å². The molecule has 0 aliphatic carbocycles. The van der Waals surface area contributed by atoms with Crippen LogP contribution in [0, 0.1) is 11.8 Å². The fourth-order valence-electron chi connectivity index (χ4n) is 3.40. The Bertz CT molecular complexity index is 624. The second-order valence-corrected chi connectivity index (χ2v) is 7.41. The molecule has 2 saturated heterocycles. The highest BCUT2D eigenvalue weighted by Crippen LogP contribution is 2.32. The first-order chi connectivity index (χ1) is 12.7. The van der Waals surface area contributed by atoms with Crippen LogP contribution in [-0.2, 0) is 9.53 Å². The Hall–Kier alpha value is -1.65. The van der Waals surface area contributed by atoms with E-state index in [9.17, 15) is 18.0 Å². The highest BCUT2D eigenvalue weighted by atomic mass is 32.1. The van der Waals surface area contributed by atoms with Gasteiger partial charge in [0.25, 0.3) is 5.91 Å². The van der Waals surface area contributed by atoms with Gasteiger partial charge in [0.2, 0.25) is 0 Å². The monoisotopic (exact) mass is 408 g/mol. The van der Waals surface area contributed by atoms with Gasteiger partial charge in [-0.2, -0.15) is 24.5 Å². The highest BCUT2D eigenvalue weighted by Gasteiger charge is 2.39. The molecule has 10 heteroatoms. The number of likely N-dealkylation sites (tertiary alicyclic amines) is 2. The van der Waals surface area contributed by atoms with E-state index in [4.69, 9.17) is 14.6 Å². The number of carbonyl (C=O) groups is 2. The summed E-state index contributed by atoms with van der Waals surface area (Å²) in [6, 6.07) is 1.93. The van der Waals surface area contributed by atoms with Crippen LogP contribution in [-0.4, -0.2) is 79.4 Å². The van der Waals surface area contributed by atoms with Crippen molar-refractivity contribution in [3.05, 3.63) is 22.4 Å². The molecule has 1 aromatic heterocycles. The lowest BCUT2D eigenvalue weighted by Gasteiger charge is -2.33. The van der Waals surface area contributed by atoms with Crippen molar-refractivity contribution in [3.8, 4) is 0 Å². The summed E-state index contributed by atoms with van der Waals surface area (Å²) in [6.07, 6.45) is -3.87. The maximum absolute atomic E-state index is 12.4. The molecule has 2 aliphatic heterocycles. The topological polar surface area (TPSA) is 70.1 Å². The van der Waals surface area contributed by atoms with Gasteiger partial charge in [0.05, 0.1) is 12.2 Å². The first kappa shape index (κ1) is 21.6. The molecule has 152 valence electrons. The van der Waals surface area contributed by atoms with Crippen LogP contribution in [0.15, 0.2) is 16.8 Å². The lowest BCUT2D eigenvalue weighted by atomic mass is 9.89. The van der Waals surface area contributed by atoms with Gasteiger partial charge in [-0.1, -0.05) is 0 Å². The zero-order valence-electron chi connectivity index (χ0n) is 14.9. The van der Waals surface area contributed by atoms with E-state index in [0.717, 1.165) is 44.9 Å². The van der Waals surface area contributed by atoms with E-state index < -0.39 is 12.1 Å². The number of halogens is 3. The highest BCUT2D eigenvalue weighted by molar-refractivity contribution is 7.08. The molecule has 2 aliphatic rings. The first-order valence-electron chi connectivity index (χ1n) is 8.55. The van der Waals surface area contributed by atoms with E-state index in [2.05, 4.69) is 9.80 Å². The zero-order valence-corrected chi connectivity index (χ0v) is 15.8. The molecular formula is C17H23F3N2O4S. The second-order valence-electron chi connectivity index (χ2n) is 6.63. The fraction of sp³-hybridized carbons (Fsp3) is 0.647. The summed E-state index contributed by atoms with van der Waals surface area (Å²) >= 11 is 1.59. The summed E-state index contributed by atoms with van der Waals surface area (Å²) in [5.41, 5.74) is 0.852. The van der Waals surface area contributed by atoms with Gasteiger partial charge in [-0.25, -0.2) is 4.79 Å². The number of piperidine rings is 1. The van der Waals surface area contributed by atoms with E-state index in [0.29, 0.717) is 11.8 Å². The van der Waals surface area contributed by atoms with Gasteiger partial charge < -0.3 is 19.6 Å². The number of amides is 1. The van der Waals surface area contributed by atoms with Gasteiger partial charge in [0, 0.05) is 38.7 Å². The summed E-state index contributed by atoms with van der Waals surface area (Å²) < 4.78 is 36.9.